The molecule has 27 heavy (non-hydrogen) atoms. The minimum atomic E-state index is -3.64. The van der Waals surface area contributed by atoms with E-state index in [1.54, 1.807) is 0 Å². The van der Waals surface area contributed by atoms with Crippen molar-refractivity contribution in [3.05, 3.63) is 17.0 Å². The zero-order valence-corrected chi connectivity index (χ0v) is 17.0. The van der Waals surface area contributed by atoms with Crippen molar-refractivity contribution in [2.24, 2.45) is 11.1 Å². The molecular weight excluding hydrogens is 370 g/mol. The summed E-state index contributed by atoms with van der Waals surface area (Å²) in [5, 5.41) is 4.52. The van der Waals surface area contributed by atoms with Gasteiger partial charge in [0.1, 0.15) is 6.54 Å². The fraction of sp³-hybridized carbons (Fsp3) is 0.706. The molecule has 3 rings (SSSR count). The molecule has 150 valence electrons. The maximum atomic E-state index is 12.9. The molecule has 10 heteroatoms. The number of aromatic nitrogens is 2. The molecule has 0 bridgehead atoms. The number of amides is 1. The average Bonchev–Trinajstić information content (AvgIpc) is 3.11. The van der Waals surface area contributed by atoms with E-state index >= 15 is 0 Å². The molecule has 0 aromatic carbocycles. The molecule has 0 spiro atoms. The smallest absolute Gasteiger partial charge is 0.282 e. The van der Waals surface area contributed by atoms with Crippen molar-refractivity contribution in [1.82, 2.24) is 18.4 Å². The van der Waals surface area contributed by atoms with Gasteiger partial charge < -0.3 is 5.73 Å². The van der Waals surface area contributed by atoms with Crippen molar-refractivity contribution in [3.8, 4) is 0 Å². The first-order chi connectivity index (χ1) is 12.4. The van der Waals surface area contributed by atoms with E-state index < -0.39 is 22.2 Å². The summed E-state index contributed by atoms with van der Waals surface area (Å²) in [7, 11) is -0.669. The molecule has 0 unspecified atom stereocenters. The molecule has 0 saturated carbocycles. The first kappa shape index (κ1) is 20.0. The molecule has 1 aromatic rings. The Morgan fingerprint density at radius 1 is 1.33 bits per heavy atom. The lowest BCUT2D eigenvalue weighted by atomic mass is 9.75. The molecule has 1 aliphatic carbocycles. The average molecular weight is 398 g/mol. The largest absolute Gasteiger partial charge is 0.368 e. The van der Waals surface area contributed by atoms with Crippen molar-refractivity contribution in [1.29, 1.82) is 0 Å². The highest BCUT2D eigenvalue weighted by atomic mass is 32.2. The Kier molecular flexibility index (Phi) is 4.94. The maximum absolute atomic E-state index is 12.9. The van der Waals surface area contributed by atoms with Crippen LogP contribution in [0.5, 0.6) is 0 Å². The normalized spacial score (nSPS) is 23.0. The number of hydrogen-bond donors (Lipinski definition) is 1. The van der Waals surface area contributed by atoms with Gasteiger partial charge in [-0.15, -0.1) is 0 Å². The van der Waals surface area contributed by atoms with Gasteiger partial charge in [0.05, 0.1) is 23.0 Å². The fourth-order valence-corrected chi connectivity index (χ4v) is 5.36. The van der Waals surface area contributed by atoms with Crippen LogP contribution in [0.1, 0.15) is 60.9 Å². The number of nitrogens with zero attached hydrogens (tertiary/aromatic N) is 4. The highest BCUT2D eigenvalue weighted by molar-refractivity contribution is 7.86. The van der Waals surface area contributed by atoms with Crippen molar-refractivity contribution in [3.63, 3.8) is 0 Å². The molecule has 9 nitrogen and oxygen atoms in total. The lowest BCUT2D eigenvalue weighted by molar-refractivity contribution is -0.118. The molecule has 1 aliphatic heterocycles. The number of primary amides is 1. The van der Waals surface area contributed by atoms with E-state index in [1.165, 1.54) is 27.4 Å². The number of carbonyl (C=O) groups excluding carboxylic acids is 2. The first-order valence-electron chi connectivity index (χ1n) is 9.04. The second kappa shape index (κ2) is 6.68. The molecule has 2 N–H and O–H groups in total. The number of rotatable bonds is 5. The molecule has 1 saturated heterocycles. The Balaban J connectivity index is 2.13. The lowest BCUT2D eigenvalue weighted by Gasteiger charge is -2.30. The monoisotopic (exact) mass is 397 g/mol. The molecule has 0 radical (unpaired) electrons. The van der Waals surface area contributed by atoms with Crippen LogP contribution in [-0.2, 0) is 28.0 Å². The number of fused-ring (bicyclic) bond motifs is 1. The molecule has 2 aliphatic rings. The van der Waals surface area contributed by atoms with Crippen LogP contribution in [0, 0.1) is 5.41 Å². The van der Waals surface area contributed by atoms with E-state index in [0.717, 1.165) is 0 Å². The first-order valence-corrected chi connectivity index (χ1v) is 10.4. The zero-order chi connectivity index (χ0) is 20.1. The zero-order valence-electron chi connectivity index (χ0n) is 16.2. The van der Waals surface area contributed by atoms with Crippen LogP contribution in [0.15, 0.2) is 0 Å². The number of Topliss-reactive ketones (excluding diaryl/α,β-unsaturated/α-hetero) is 1. The summed E-state index contributed by atoms with van der Waals surface area (Å²) in [5.74, 6) is -0.604. The van der Waals surface area contributed by atoms with E-state index in [9.17, 15) is 18.0 Å². The predicted octanol–water partition coefficient (Wildman–Crippen LogP) is 0.467. The predicted molar refractivity (Wildman–Crippen MR) is 99.1 cm³/mol. The molecule has 1 atom stereocenters. The van der Waals surface area contributed by atoms with Gasteiger partial charge in [0.15, 0.2) is 5.78 Å². The SMILES string of the molecule is CN(C)S(=O)(=O)N1CCC[C@H]1c1nn(CC(N)=O)c2c1C(=O)CC(C)(C)C2. The van der Waals surface area contributed by atoms with Gasteiger partial charge in [-0.25, -0.2) is 0 Å². The minimum Gasteiger partial charge on any atom is -0.368 e. The Morgan fingerprint density at radius 3 is 2.59 bits per heavy atom. The van der Waals surface area contributed by atoms with Gasteiger partial charge in [0.2, 0.25) is 5.91 Å². The van der Waals surface area contributed by atoms with Gasteiger partial charge in [-0.1, -0.05) is 13.8 Å². The van der Waals surface area contributed by atoms with E-state index in [-0.39, 0.29) is 17.7 Å². The summed E-state index contributed by atoms with van der Waals surface area (Å²) < 4.78 is 29.5. The Hall–Kier alpha value is -1.78. The van der Waals surface area contributed by atoms with Crippen LogP contribution >= 0.6 is 0 Å². The standard InChI is InChI=1S/C17H27N5O4S/c1-17(2)8-12-15(13(23)9-17)16(19-21(12)10-14(18)24)11-6-5-7-22(11)27(25,26)20(3)4/h11H,5-10H2,1-4H3,(H2,18,24)/t11-/m0/s1. The topological polar surface area (TPSA) is 119 Å². The summed E-state index contributed by atoms with van der Waals surface area (Å²) >= 11 is 0. The van der Waals surface area contributed by atoms with Gasteiger partial charge in [0, 0.05) is 27.1 Å². The second-order valence-electron chi connectivity index (χ2n) is 8.33. The highest BCUT2D eigenvalue weighted by Gasteiger charge is 2.43. The Morgan fingerprint density at radius 2 is 2.00 bits per heavy atom. The summed E-state index contributed by atoms with van der Waals surface area (Å²) in [5.41, 5.74) is 6.72. The third-order valence-corrected chi connectivity index (χ3v) is 7.18. The quantitative estimate of drug-likeness (QED) is 0.774. The van der Waals surface area contributed by atoms with Crippen LogP contribution in [0.2, 0.25) is 0 Å². The molecule has 1 aromatic heterocycles. The summed E-state index contributed by atoms with van der Waals surface area (Å²) in [6.45, 7) is 4.24. The van der Waals surface area contributed by atoms with Crippen LogP contribution in [0.3, 0.4) is 0 Å². The lowest BCUT2D eigenvalue weighted by Crippen LogP contribution is -2.40. The Bertz CT molecular complexity index is 887. The third kappa shape index (κ3) is 3.53. The van der Waals surface area contributed by atoms with Crippen molar-refractivity contribution in [2.45, 2.75) is 52.1 Å². The van der Waals surface area contributed by atoms with E-state index in [0.29, 0.717) is 49.2 Å². The number of nitrogens with two attached hydrogens (primary N) is 1. The molecule has 1 fully saturated rings. The highest BCUT2D eigenvalue weighted by Crippen LogP contribution is 2.42. The van der Waals surface area contributed by atoms with Crippen molar-refractivity contribution >= 4 is 21.9 Å². The van der Waals surface area contributed by atoms with Gasteiger partial charge in [-0.3, -0.25) is 14.3 Å². The van der Waals surface area contributed by atoms with Crippen LogP contribution in [-0.4, -0.2) is 59.1 Å². The van der Waals surface area contributed by atoms with Crippen LogP contribution in [0.25, 0.3) is 0 Å². The van der Waals surface area contributed by atoms with E-state index in [2.05, 4.69) is 5.10 Å². The molecule has 1 amide bonds. The van der Waals surface area contributed by atoms with Crippen LogP contribution < -0.4 is 5.73 Å². The third-order valence-electron chi connectivity index (χ3n) is 5.23. The van der Waals surface area contributed by atoms with E-state index in [1.807, 2.05) is 13.8 Å². The second-order valence-corrected chi connectivity index (χ2v) is 10.4. The van der Waals surface area contributed by atoms with Gasteiger partial charge in [0.25, 0.3) is 10.2 Å². The summed E-state index contributed by atoms with van der Waals surface area (Å²) in [6, 6.07) is -0.509. The summed E-state index contributed by atoms with van der Waals surface area (Å²) in [6.07, 6.45) is 2.22. The van der Waals surface area contributed by atoms with Gasteiger partial charge in [-0.05, 0) is 24.7 Å². The molecular formula is C17H27N5O4S. The molecule has 2 heterocycles. The van der Waals surface area contributed by atoms with Crippen molar-refractivity contribution < 1.29 is 18.0 Å². The fourth-order valence-electron chi connectivity index (χ4n) is 4.05. The minimum absolute atomic E-state index is 0.0546. The van der Waals surface area contributed by atoms with Crippen molar-refractivity contribution in [2.75, 3.05) is 20.6 Å². The summed E-state index contributed by atoms with van der Waals surface area (Å²) in [4.78, 5) is 24.4. The number of carbonyl (C=O) groups is 2. The van der Waals surface area contributed by atoms with Gasteiger partial charge >= 0.3 is 0 Å². The maximum Gasteiger partial charge on any atom is 0.282 e. The Labute approximate surface area is 159 Å². The number of ketones is 1. The van der Waals surface area contributed by atoms with Gasteiger partial charge in [-0.2, -0.15) is 22.1 Å². The van der Waals surface area contributed by atoms with E-state index in [4.69, 9.17) is 5.73 Å². The number of hydrogen-bond acceptors (Lipinski definition) is 5. The van der Waals surface area contributed by atoms with Crippen LogP contribution in [0.4, 0.5) is 0 Å².